The summed E-state index contributed by atoms with van der Waals surface area (Å²) < 4.78 is 0. The first-order valence-electron chi connectivity index (χ1n) is 12.5. The molecule has 2 aliphatic rings. The van der Waals surface area contributed by atoms with E-state index in [-0.39, 0.29) is 24.1 Å². The van der Waals surface area contributed by atoms with Crippen molar-refractivity contribution in [3.05, 3.63) is 83.9 Å². The van der Waals surface area contributed by atoms with E-state index in [9.17, 15) is 14.4 Å². The number of carbonyl (C=O) groups excluding carboxylic acids is 3. The van der Waals surface area contributed by atoms with Gasteiger partial charge in [0.1, 0.15) is 0 Å². The maximum Gasteiger partial charge on any atom is 0.257 e. The number of rotatable bonds is 6. The van der Waals surface area contributed by atoms with E-state index in [1.54, 1.807) is 29.2 Å². The molecule has 2 aliphatic heterocycles. The molecule has 0 aliphatic carbocycles. The van der Waals surface area contributed by atoms with Crippen molar-refractivity contribution in [2.24, 2.45) is 0 Å². The predicted molar refractivity (Wildman–Crippen MR) is 142 cm³/mol. The number of fused-ring (bicyclic) bond motifs is 2. The first-order valence-corrected chi connectivity index (χ1v) is 12.5. The van der Waals surface area contributed by atoms with Crippen molar-refractivity contribution < 1.29 is 14.4 Å². The second-order valence-electron chi connectivity index (χ2n) is 9.29. The first-order chi connectivity index (χ1) is 17.6. The van der Waals surface area contributed by atoms with Crippen molar-refractivity contribution in [3.63, 3.8) is 0 Å². The fourth-order valence-corrected chi connectivity index (χ4v) is 4.85. The van der Waals surface area contributed by atoms with E-state index < -0.39 is 0 Å². The van der Waals surface area contributed by atoms with Crippen molar-refractivity contribution in [1.82, 2.24) is 4.90 Å². The van der Waals surface area contributed by atoms with Crippen LogP contribution in [-0.2, 0) is 16.0 Å². The fourth-order valence-electron chi connectivity index (χ4n) is 4.85. The van der Waals surface area contributed by atoms with E-state index in [2.05, 4.69) is 15.5 Å². The van der Waals surface area contributed by atoms with Crippen LogP contribution in [0.5, 0.6) is 0 Å². The average molecular weight is 483 g/mol. The standard InChI is InChI=1S/C29H30N4O3/c34-27(16-19-32-17-6-1-7-18-32)30-22-14-12-21(13-15-22)20-28(35)33-25-10-4-2-8-23(25)29(36)31-24-9-3-5-11-26(24)33/h2-5,8-15H,1,6-7,16-20H2,(H,30,34)(H,31,36). The van der Waals surface area contributed by atoms with E-state index in [1.807, 2.05) is 48.5 Å². The summed E-state index contributed by atoms with van der Waals surface area (Å²) in [7, 11) is 0. The van der Waals surface area contributed by atoms with Gasteiger partial charge in [0, 0.05) is 18.7 Å². The SMILES string of the molecule is O=C(CCN1CCCCC1)Nc1ccc(CC(=O)N2c3ccccc3NC(=O)c3ccccc32)cc1. The monoisotopic (exact) mass is 482 g/mol. The zero-order valence-corrected chi connectivity index (χ0v) is 20.2. The number of anilines is 4. The lowest BCUT2D eigenvalue weighted by Gasteiger charge is -2.25. The number of benzene rings is 3. The molecule has 0 aromatic heterocycles. The molecule has 0 saturated carbocycles. The normalized spacial score (nSPS) is 15.3. The highest BCUT2D eigenvalue weighted by Crippen LogP contribution is 2.38. The van der Waals surface area contributed by atoms with E-state index in [1.165, 1.54) is 19.3 Å². The zero-order valence-electron chi connectivity index (χ0n) is 20.2. The van der Waals surface area contributed by atoms with Crippen LogP contribution in [0.25, 0.3) is 0 Å². The Kier molecular flexibility index (Phi) is 7.09. The fraction of sp³-hybridized carbons (Fsp3) is 0.276. The quantitative estimate of drug-likeness (QED) is 0.520. The molecule has 5 rings (SSSR count). The molecule has 0 atom stereocenters. The Bertz CT molecular complexity index is 1270. The largest absolute Gasteiger partial charge is 0.326 e. The Balaban J connectivity index is 1.27. The molecule has 7 heteroatoms. The van der Waals surface area contributed by atoms with Gasteiger partial charge < -0.3 is 15.5 Å². The number of carbonyl (C=O) groups is 3. The maximum absolute atomic E-state index is 13.6. The lowest BCUT2D eigenvalue weighted by molar-refractivity contribution is -0.117. The zero-order chi connectivity index (χ0) is 24.9. The molecule has 0 unspecified atom stereocenters. The lowest BCUT2D eigenvalue weighted by atomic mass is 10.1. The highest BCUT2D eigenvalue weighted by Gasteiger charge is 2.28. The van der Waals surface area contributed by atoms with Crippen LogP contribution in [0.4, 0.5) is 22.7 Å². The van der Waals surface area contributed by atoms with Crippen LogP contribution >= 0.6 is 0 Å². The number of hydrogen-bond acceptors (Lipinski definition) is 4. The second kappa shape index (κ2) is 10.7. The summed E-state index contributed by atoms with van der Waals surface area (Å²) in [6.45, 7) is 2.94. The van der Waals surface area contributed by atoms with Gasteiger partial charge in [0.15, 0.2) is 0 Å². The van der Waals surface area contributed by atoms with Crippen LogP contribution in [0.15, 0.2) is 72.8 Å². The minimum atomic E-state index is -0.242. The summed E-state index contributed by atoms with van der Waals surface area (Å²) in [6.07, 6.45) is 4.33. The topological polar surface area (TPSA) is 81.8 Å². The second-order valence-corrected chi connectivity index (χ2v) is 9.29. The Morgan fingerprint density at radius 3 is 2.31 bits per heavy atom. The van der Waals surface area contributed by atoms with Crippen LogP contribution in [0.1, 0.15) is 41.6 Å². The Labute approximate surface area is 211 Å². The minimum Gasteiger partial charge on any atom is -0.326 e. The molecule has 3 aromatic rings. The number of piperidine rings is 1. The molecule has 1 saturated heterocycles. The third-order valence-electron chi connectivity index (χ3n) is 6.73. The van der Waals surface area contributed by atoms with Crippen LogP contribution in [0.3, 0.4) is 0 Å². The van der Waals surface area contributed by atoms with Gasteiger partial charge in [0.2, 0.25) is 11.8 Å². The minimum absolute atomic E-state index is 0.000604. The van der Waals surface area contributed by atoms with Crippen LogP contribution in [0, 0.1) is 0 Å². The molecule has 184 valence electrons. The van der Waals surface area contributed by atoms with Gasteiger partial charge in [0.05, 0.1) is 29.0 Å². The lowest BCUT2D eigenvalue weighted by Crippen LogP contribution is -2.32. The van der Waals surface area contributed by atoms with Crippen molar-refractivity contribution in [2.75, 3.05) is 35.2 Å². The van der Waals surface area contributed by atoms with E-state index in [0.29, 0.717) is 29.0 Å². The highest BCUT2D eigenvalue weighted by molar-refractivity contribution is 6.17. The van der Waals surface area contributed by atoms with Gasteiger partial charge in [-0.05, 0) is 67.9 Å². The molecule has 2 N–H and O–H groups in total. The molecular weight excluding hydrogens is 452 g/mol. The van der Waals surface area contributed by atoms with Crippen molar-refractivity contribution >= 4 is 40.5 Å². The van der Waals surface area contributed by atoms with Crippen LogP contribution in [-0.4, -0.2) is 42.3 Å². The number of para-hydroxylation sites is 3. The first kappa shape index (κ1) is 23.8. The third-order valence-corrected chi connectivity index (χ3v) is 6.73. The number of hydrogen-bond donors (Lipinski definition) is 2. The summed E-state index contributed by atoms with van der Waals surface area (Å²) >= 11 is 0. The van der Waals surface area contributed by atoms with Crippen molar-refractivity contribution in [2.45, 2.75) is 32.1 Å². The predicted octanol–water partition coefficient (Wildman–Crippen LogP) is 4.97. The highest BCUT2D eigenvalue weighted by atomic mass is 16.2. The number of nitrogens with zero attached hydrogens (tertiary/aromatic N) is 2. The van der Waals surface area contributed by atoms with Gasteiger partial charge in [-0.25, -0.2) is 0 Å². The summed E-state index contributed by atoms with van der Waals surface area (Å²) in [5.74, 6) is -0.391. The Hall–Kier alpha value is -3.97. The Morgan fingerprint density at radius 1 is 0.833 bits per heavy atom. The van der Waals surface area contributed by atoms with Gasteiger partial charge in [-0.2, -0.15) is 0 Å². The molecule has 2 heterocycles. The number of nitrogens with one attached hydrogen (secondary N) is 2. The number of likely N-dealkylation sites (tertiary alicyclic amines) is 1. The third kappa shape index (κ3) is 5.31. The summed E-state index contributed by atoms with van der Waals surface area (Å²) in [5, 5.41) is 5.87. The van der Waals surface area contributed by atoms with Crippen LogP contribution < -0.4 is 15.5 Å². The Morgan fingerprint density at radius 2 is 1.53 bits per heavy atom. The van der Waals surface area contributed by atoms with Gasteiger partial charge in [-0.3, -0.25) is 19.3 Å². The molecule has 0 bridgehead atoms. The van der Waals surface area contributed by atoms with E-state index in [4.69, 9.17) is 0 Å². The van der Waals surface area contributed by atoms with Gasteiger partial charge in [-0.1, -0.05) is 42.8 Å². The van der Waals surface area contributed by atoms with Crippen molar-refractivity contribution in [3.8, 4) is 0 Å². The molecule has 3 amide bonds. The molecular formula is C29H30N4O3. The molecule has 1 fully saturated rings. The van der Waals surface area contributed by atoms with Gasteiger partial charge in [0.25, 0.3) is 5.91 Å². The molecule has 36 heavy (non-hydrogen) atoms. The average Bonchev–Trinajstić information content (AvgIpc) is 3.03. The summed E-state index contributed by atoms with van der Waals surface area (Å²) in [6, 6.07) is 21.8. The molecule has 0 spiro atoms. The maximum atomic E-state index is 13.6. The molecule has 0 radical (unpaired) electrons. The van der Waals surface area contributed by atoms with Gasteiger partial charge >= 0.3 is 0 Å². The summed E-state index contributed by atoms with van der Waals surface area (Å²) in [4.78, 5) is 42.7. The number of amides is 3. The molecule has 7 nitrogen and oxygen atoms in total. The molecule has 3 aromatic carbocycles. The van der Waals surface area contributed by atoms with Gasteiger partial charge in [-0.15, -0.1) is 0 Å². The van der Waals surface area contributed by atoms with E-state index in [0.717, 1.165) is 30.9 Å². The van der Waals surface area contributed by atoms with Crippen LogP contribution in [0.2, 0.25) is 0 Å². The summed E-state index contributed by atoms with van der Waals surface area (Å²) in [5.41, 5.74) is 3.78. The smallest absolute Gasteiger partial charge is 0.257 e. The van der Waals surface area contributed by atoms with E-state index >= 15 is 0 Å². The van der Waals surface area contributed by atoms with Crippen molar-refractivity contribution in [1.29, 1.82) is 0 Å².